The fourth-order valence-corrected chi connectivity index (χ4v) is 2.41. The number of carbonyl (C=O) groups excluding carboxylic acids is 1. The van der Waals surface area contributed by atoms with Gasteiger partial charge < -0.3 is 19.9 Å². The van der Waals surface area contributed by atoms with Gasteiger partial charge in [-0.2, -0.15) is 4.39 Å². The maximum atomic E-state index is 14.1. The van der Waals surface area contributed by atoms with Crippen molar-refractivity contribution >= 4 is 22.7 Å². The van der Waals surface area contributed by atoms with E-state index in [0.717, 1.165) is 6.20 Å². The van der Waals surface area contributed by atoms with Crippen molar-refractivity contribution in [1.82, 2.24) is 4.68 Å². The minimum Gasteiger partial charge on any atom is -0.466 e. The molecule has 24 heavy (non-hydrogen) atoms. The second-order valence-corrected chi connectivity index (χ2v) is 4.98. The molecule has 0 bridgehead atoms. The Morgan fingerprint density at radius 2 is 2.12 bits per heavy atom. The smallest absolute Gasteiger partial charge is 0.466 e. The van der Waals surface area contributed by atoms with E-state index in [2.05, 4.69) is 4.74 Å². The zero-order chi connectivity index (χ0) is 17.6. The second-order valence-electron chi connectivity index (χ2n) is 4.98. The average Bonchev–Trinajstić information content (AvgIpc) is 2.54. The lowest BCUT2D eigenvalue weighted by Gasteiger charge is -2.31. The predicted octanol–water partition coefficient (Wildman–Crippen LogP) is 1.31. The normalized spacial score (nSPS) is 12.9. The van der Waals surface area contributed by atoms with E-state index < -0.39 is 40.4 Å². The van der Waals surface area contributed by atoms with Crippen LogP contribution in [0.25, 0.3) is 10.9 Å². The van der Waals surface area contributed by atoms with Crippen LogP contribution in [-0.2, 0) is 4.74 Å². The average molecular weight is 341 g/mol. The van der Waals surface area contributed by atoms with Crippen LogP contribution in [0.2, 0.25) is 0 Å². The van der Waals surface area contributed by atoms with Crippen LogP contribution in [0.1, 0.15) is 6.92 Å². The summed E-state index contributed by atoms with van der Waals surface area (Å²) in [6.45, 7) is 1.48. The summed E-state index contributed by atoms with van der Waals surface area (Å²) in [7, 11) is 1.57. The number of nitrogens with two attached hydrogens (primary N) is 1. The summed E-state index contributed by atoms with van der Waals surface area (Å²) >= 11 is 0. The number of rotatable bonds is 2. The van der Waals surface area contributed by atoms with Gasteiger partial charge in [-0.25, -0.2) is 9.18 Å². The van der Waals surface area contributed by atoms with E-state index in [0.29, 0.717) is 0 Å². The van der Waals surface area contributed by atoms with Gasteiger partial charge in [0.2, 0.25) is 17.0 Å². The molecule has 2 heterocycles. The predicted molar refractivity (Wildman–Crippen MR) is 79.8 cm³/mol. The van der Waals surface area contributed by atoms with Crippen LogP contribution in [0, 0.1) is 11.6 Å². The molecule has 0 amide bonds. The van der Waals surface area contributed by atoms with Gasteiger partial charge in [-0.3, -0.25) is 14.5 Å². The van der Waals surface area contributed by atoms with Gasteiger partial charge in [0, 0.05) is 7.05 Å². The summed E-state index contributed by atoms with van der Waals surface area (Å²) in [4.78, 5) is 24.0. The molecular formula is C14H13F2N3O5. The highest BCUT2D eigenvalue weighted by Gasteiger charge is 2.29. The van der Waals surface area contributed by atoms with Crippen molar-refractivity contribution in [3.05, 3.63) is 28.1 Å². The summed E-state index contributed by atoms with van der Waals surface area (Å²) < 4.78 is 43.9. The van der Waals surface area contributed by atoms with Crippen LogP contribution in [0.15, 0.2) is 11.0 Å². The number of benzene rings is 1. The monoisotopic (exact) mass is 341 g/mol. The van der Waals surface area contributed by atoms with Crippen molar-refractivity contribution in [2.24, 2.45) is 0 Å². The molecule has 1 aliphatic heterocycles. The molecule has 0 spiro atoms. The molecule has 0 unspecified atom stereocenters. The van der Waals surface area contributed by atoms with Gasteiger partial charge in [-0.15, -0.1) is 0 Å². The van der Waals surface area contributed by atoms with Gasteiger partial charge >= 0.3 is 6.16 Å². The number of carbonyl (C=O) groups is 1. The number of anilines is 1. The number of halogens is 2. The molecule has 0 fully saturated rings. The lowest BCUT2D eigenvalue weighted by molar-refractivity contribution is 0.103. The number of nitrogen functional groups attached to an aromatic ring is 1. The molecule has 0 radical (unpaired) electrons. The minimum absolute atomic E-state index is 0.0421. The summed E-state index contributed by atoms with van der Waals surface area (Å²) in [5, 5.41) is 1.10. The Bertz CT molecular complexity index is 912. The maximum absolute atomic E-state index is 14.1. The fraction of sp³-hybridized carbons (Fsp3) is 0.286. The lowest BCUT2D eigenvalue weighted by atomic mass is 10.1. The first-order valence-electron chi connectivity index (χ1n) is 6.91. The summed E-state index contributed by atoms with van der Waals surface area (Å²) in [5.74, 6) is -3.56. The zero-order valence-electron chi connectivity index (χ0n) is 12.8. The largest absolute Gasteiger partial charge is 0.514 e. The van der Waals surface area contributed by atoms with E-state index in [9.17, 15) is 18.4 Å². The Kier molecular flexibility index (Phi) is 3.66. The molecule has 0 atom stereocenters. The standard InChI is InChI=1S/C14H13F2N3O5/c1-3-22-14(21)24-6-4-19-11-7(12(6)20)10(17)8(15)9(16)13(11)23-5-18(19)2/h4H,3,5,17H2,1-2H3. The first-order valence-corrected chi connectivity index (χ1v) is 6.91. The third kappa shape index (κ3) is 2.18. The Morgan fingerprint density at radius 1 is 1.42 bits per heavy atom. The van der Waals surface area contributed by atoms with Crippen LogP contribution in [0.3, 0.4) is 0 Å². The van der Waals surface area contributed by atoms with E-state index in [4.69, 9.17) is 15.2 Å². The first-order chi connectivity index (χ1) is 11.4. The molecule has 0 aliphatic carbocycles. The zero-order valence-corrected chi connectivity index (χ0v) is 12.8. The molecule has 128 valence electrons. The number of nitrogens with zero attached hydrogens (tertiary/aromatic N) is 2. The molecule has 2 aromatic rings. The molecule has 10 heteroatoms. The van der Waals surface area contributed by atoms with Gasteiger partial charge in [0.1, 0.15) is 5.52 Å². The quantitative estimate of drug-likeness (QED) is 0.650. The van der Waals surface area contributed by atoms with E-state index in [1.807, 2.05) is 0 Å². The minimum atomic E-state index is -1.40. The molecule has 1 aromatic heterocycles. The van der Waals surface area contributed by atoms with E-state index >= 15 is 0 Å². The van der Waals surface area contributed by atoms with E-state index in [-0.39, 0.29) is 24.2 Å². The van der Waals surface area contributed by atoms with Crippen LogP contribution < -0.4 is 25.6 Å². The Morgan fingerprint density at radius 3 is 2.79 bits per heavy atom. The second kappa shape index (κ2) is 5.55. The summed E-state index contributed by atoms with van der Waals surface area (Å²) in [5.41, 5.74) is 3.93. The Labute approximate surface area is 133 Å². The molecule has 2 N–H and O–H groups in total. The van der Waals surface area contributed by atoms with Crippen LogP contribution in [-0.4, -0.2) is 31.2 Å². The number of aromatic nitrogens is 1. The molecule has 0 saturated carbocycles. The maximum Gasteiger partial charge on any atom is 0.514 e. The highest BCUT2D eigenvalue weighted by molar-refractivity contribution is 5.96. The van der Waals surface area contributed by atoms with Gasteiger partial charge in [0.15, 0.2) is 18.3 Å². The van der Waals surface area contributed by atoms with Crippen molar-refractivity contribution in [3.63, 3.8) is 0 Å². The molecule has 1 aromatic carbocycles. The van der Waals surface area contributed by atoms with Gasteiger partial charge in [-0.1, -0.05) is 0 Å². The van der Waals surface area contributed by atoms with Crippen molar-refractivity contribution in [3.8, 4) is 11.5 Å². The van der Waals surface area contributed by atoms with Crippen molar-refractivity contribution in [2.75, 3.05) is 31.1 Å². The van der Waals surface area contributed by atoms with Gasteiger partial charge in [0.25, 0.3) is 0 Å². The third-order valence-electron chi connectivity index (χ3n) is 3.49. The van der Waals surface area contributed by atoms with Crippen LogP contribution in [0.4, 0.5) is 19.3 Å². The number of ether oxygens (including phenoxy) is 3. The molecule has 3 rings (SSSR count). The molecule has 1 aliphatic rings. The van der Waals surface area contributed by atoms with Crippen molar-refractivity contribution < 1.29 is 27.8 Å². The summed E-state index contributed by atoms with van der Waals surface area (Å²) in [6.07, 6.45) is 0.0579. The SMILES string of the molecule is CCOC(=O)Oc1cn2c3c(c(F)c(F)c(N)c3c1=O)OCN2C. The van der Waals surface area contributed by atoms with Crippen molar-refractivity contribution in [1.29, 1.82) is 0 Å². The molecular weight excluding hydrogens is 328 g/mol. The lowest BCUT2D eigenvalue weighted by Crippen LogP contribution is -2.39. The number of hydrogen-bond acceptors (Lipinski definition) is 7. The van der Waals surface area contributed by atoms with E-state index in [1.165, 1.54) is 9.69 Å². The van der Waals surface area contributed by atoms with Crippen molar-refractivity contribution in [2.45, 2.75) is 6.92 Å². The topological polar surface area (TPSA) is 96.0 Å². The number of hydrogen-bond donors (Lipinski definition) is 1. The van der Waals surface area contributed by atoms with Crippen LogP contribution >= 0.6 is 0 Å². The van der Waals surface area contributed by atoms with Gasteiger partial charge in [0.05, 0.1) is 23.9 Å². The van der Waals surface area contributed by atoms with Gasteiger partial charge in [-0.05, 0) is 6.92 Å². The summed E-state index contributed by atoms with van der Waals surface area (Å²) in [6, 6.07) is 0. The molecule has 0 saturated heterocycles. The van der Waals surface area contributed by atoms with E-state index in [1.54, 1.807) is 14.0 Å². The third-order valence-corrected chi connectivity index (χ3v) is 3.49. The van der Waals surface area contributed by atoms with Crippen LogP contribution in [0.5, 0.6) is 11.5 Å². The fourth-order valence-electron chi connectivity index (χ4n) is 2.41. The Balaban J connectivity index is 2.35. The first kappa shape index (κ1) is 15.8. The highest BCUT2D eigenvalue weighted by atomic mass is 19.2. The number of pyridine rings is 1. The Hall–Kier alpha value is -3.04. The molecule has 8 nitrogen and oxygen atoms in total. The highest BCUT2D eigenvalue weighted by Crippen LogP contribution is 2.37.